The SMILES string of the molecule is COc1cc(CNC(=O)C(C)CN)ccc1OCC(=O)N(C)C.Cl. The minimum Gasteiger partial charge on any atom is -0.493 e. The molecule has 0 aliphatic heterocycles. The van der Waals surface area contributed by atoms with Crippen LogP contribution in [0.5, 0.6) is 11.5 Å². The second kappa shape index (κ2) is 10.7. The molecule has 0 radical (unpaired) electrons. The number of benzene rings is 1. The Hall–Kier alpha value is -1.99. The summed E-state index contributed by atoms with van der Waals surface area (Å²) in [4.78, 5) is 24.7. The van der Waals surface area contributed by atoms with E-state index in [0.717, 1.165) is 5.56 Å². The fraction of sp³-hybridized carbons (Fsp3) is 0.500. The standard InChI is InChI=1S/C16H25N3O4.ClH/c1-11(8-17)16(21)18-9-12-5-6-13(14(7-12)22-4)23-10-15(20)19(2)3;/h5-7,11H,8-10,17H2,1-4H3,(H,18,21);1H. The largest absolute Gasteiger partial charge is 0.493 e. The molecule has 0 heterocycles. The molecular formula is C16H26ClN3O4. The summed E-state index contributed by atoms with van der Waals surface area (Å²) in [7, 11) is 4.85. The molecule has 1 atom stereocenters. The van der Waals surface area contributed by atoms with Crippen LogP contribution >= 0.6 is 12.4 Å². The first-order valence-corrected chi connectivity index (χ1v) is 7.36. The van der Waals surface area contributed by atoms with Crippen LogP contribution in [0.25, 0.3) is 0 Å². The molecule has 0 saturated heterocycles. The Balaban J connectivity index is 0.00000529. The molecule has 0 fully saturated rings. The number of nitrogens with zero attached hydrogens (tertiary/aromatic N) is 1. The average Bonchev–Trinajstić information content (AvgIpc) is 2.56. The van der Waals surface area contributed by atoms with Crippen molar-refractivity contribution in [3.63, 3.8) is 0 Å². The zero-order chi connectivity index (χ0) is 17.4. The second-order valence-electron chi connectivity index (χ2n) is 5.42. The number of methoxy groups -OCH3 is 1. The van der Waals surface area contributed by atoms with E-state index in [0.29, 0.717) is 24.6 Å². The Kier molecular flexibility index (Phi) is 9.83. The maximum atomic E-state index is 11.7. The molecule has 1 aromatic rings. The maximum Gasteiger partial charge on any atom is 0.259 e. The normalized spacial score (nSPS) is 11.0. The first-order valence-electron chi connectivity index (χ1n) is 7.36. The minimum atomic E-state index is -0.225. The summed E-state index contributed by atoms with van der Waals surface area (Å²) < 4.78 is 10.7. The molecule has 0 aliphatic rings. The summed E-state index contributed by atoms with van der Waals surface area (Å²) in [6, 6.07) is 5.30. The van der Waals surface area contributed by atoms with E-state index in [-0.39, 0.29) is 36.7 Å². The predicted molar refractivity (Wildman–Crippen MR) is 94.5 cm³/mol. The third-order valence-corrected chi connectivity index (χ3v) is 3.35. The Labute approximate surface area is 148 Å². The fourth-order valence-electron chi connectivity index (χ4n) is 1.68. The van der Waals surface area contributed by atoms with Gasteiger partial charge in [-0.1, -0.05) is 13.0 Å². The number of carbonyl (C=O) groups excluding carboxylic acids is 2. The molecule has 3 N–H and O–H groups in total. The molecule has 0 spiro atoms. The molecule has 24 heavy (non-hydrogen) atoms. The molecule has 1 rings (SSSR count). The highest BCUT2D eigenvalue weighted by atomic mass is 35.5. The van der Waals surface area contributed by atoms with Crippen molar-refractivity contribution in [2.45, 2.75) is 13.5 Å². The van der Waals surface area contributed by atoms with E-state index in [4.69, 9.17) is 15.2 Å². The number of rotatable bonds is 8. The van der Waals surface area contributed by atoms with Gasteiger partial charge in [0.25, 0.3) is 5.91 Å². The topological polar surface area (TPSA) is 93.9 Å². The van der Waals surface area contributed by atoms with Gasteiger partial charge in [0.2, 0.25) is 5.91 Å². The average molecular weight is 360 g/mol. The van der Waals surface area contributed by atoms with Gasteiger partial charge in [0.1, 0.15) is 0 Å². The van der Waals surface area contributed by atoms with Gasteiger partial charge in [-0.2, -0.15) is 0 Å². The van der Waals surface area contributed by atoms with Crippen molar-refractivity contribution in [1.29, 1.82) is 0 Å². The highest BCUT2D eigenvalue weighted by Crippen LogP contribution is 2.28. The molecule has 8 heteroatoms. The van der Waals surface area contributed by atoms with E-state index in [2.05, 4.69) is 5.32 Å². The molecule has 7 nitrogen and oxygen atoms in total. The number of ether oxygens (including phenoxy) is 2. The van der Waals surface area contributed by atoms with E-state index >= 15 is 0 Å². The molecular weight excluding hydrogens is 334 g/mol. The number of nitrogens with two attached hydrogens (primary N) is 1. The number of amides is 2. The lowest BCUT2D eigenvalue weighted by atomic mass is 10.1. The number of likely N-dealkylation sites (N-methyl/N-ethyl adjacent to an activating group) is 1. The molecule has 0 aliphatic carbocycles. The molecule has 2 amide bonds. The van der Waals surface area contributed by atoms with Crippen LogP contribution in [0.2, 0.25) is 0 Å². The fourth-order valence-corrected chi connectivity index (χ4v) is 1.68. The summed E-state index contributed by atoms with van der Waals surface area (Å²) in [6.45, 7) is 2.39. The van der Waals surface area contributed by atoms with Gasteiger partial charge in [-0.15, -0.1) is 12.4 Å². The van der Waals surface area contributed by atoms with Crippen molar-refractivity contribution in [3.05, 3.63) is 23.8 Å². The first-order chi connectivity index (χ1) is 10.9. The lowest BCUT2D eigenvalue weighted by Gasteiger charge is -2.15. The highest BCUT2D eigenvalue weighted by molar-refractivity contribution is 5.85. The van der Waals surface area contributed by atoms with Gasteiger partial charge in [-0.05, 0) is 17.7 Å². The van der Waals surface area contributed by atoms with Crippen LogP contribution < -0.4 is 20.5 Å². The second-order valence-corrected chi connectivity index (χ2v) is 5.42. The zero-order valence-corrected chi connectivity index (χ0v) is 15.3. The van der Waals surface area contributed by atoms with Gasteiger partial charge in [0.15, 0.2) is 18.1 Å². The van der Waals surface area contributed by atoms with Crippen LogP contribution in [0, 0.1) is 5.92 Å². The van der Waals surface area contributed by atoms with Crippen LogP contribution in [0.3, 0.4) is 0 Å². The van der Waals surface area contributed by atoms with Crippen molar-refractivity contribution in [2.75, 3.05) is 34.4 Å². The van der Waals surface area contributed by atoms with E-state index in [9.17, 15) is 9.59 Å². The lowest BCUT2D eigenvalue weighted by molar-refractivity contribution is -0.130. The minimum absolute atomic E-state index is 0. The Morgan fingerprint density at radius 3 is 2.50 bits per heavy atom. The van der Waals surface area contributed by atoms with Gasteiger partial charge in [-0.25, -0.2) is 0 Å². The maximum absolute atomic E-state index is 11.7. The monoisotopic (exact) mass is 359 g/mol. The number of nitrogens with one attached hydrogen (secondary N) is 1. The van der Waals surface area contributed by atoms with Crippen molar-refractivity contribution in [3.8, 4) is 11.5 Å². The molecule has 0 aromatic heterocycles. The first kappa shape index (κ1) is 22.0. The van der Waals surface area contributed by atoms with E-state index < -0.39 is 0 Å². The van der Waals surface area contributed by atoms with E-state index in [1.807, 2.05) is 6.07 Å². The third-order valence-electron chi connectivity index (χ3n) is 3.35. The summed E-state index contributed by atoms with van der Waals surface area (Å²) >= 11 is 0. The number of hydrogen-bond donors (Lipinski definition) is 2. The number of halogens is 1. The Morgan fingerprint density at radius 2 is 1.96 bits per heavy atom. The molecule has 0 bridgehead atoms. The summed E-state index contributed by atoms with van der Waals surface area (Å²) in [5.74, 6) is 0.530. The molecule has 0 saturated carbocycles. The quantitative estimate of drug-likeness (QED) is 0.716. The number of carbonyl (C=O) groups is 2. The van der Waals surface area contributed by atoms with Gasteiger partial charge in [-0.3, -0.25) is 9.59 Å². The van der Waals surface area contributed by atoms with Crippen molar-refractivity contribution in [1.82, 2.24) is 10.2 Å². The molecule has 1 unspecified atom stereocenters. The van der Waals surface area contributed by atoms with Gasteiger partial charge in [0.05, 0.1) is 7.11 Å². The smallest absolute Gasteiger partial charge is 0.259 e. The molecule has 1 aromatic carbocycles. The summed E-state index contributed by atoms with van der Waals surface area (Å²) in [5.41, 5.74) is 6.32. The van der Waals surface area contributed by atoms with Crippen molar-refractivity contribution < 1.29 is 19.1 Å². The van der Waals surface area contributed by atoms with Crippen LogP contribution in [0.4, 0.5) is 0 Å². The van der Waals surface area contributed by atoms with E-state index in [1.54, 1.807) is 33.2 Å². The van der Waals surface area contributed by atoms with Crippen LogP contribution in [-0.2, 0) is 16.1 Å². The van der Waals surface area contributed by atoms with E-state index in [1.165, 1.54) is 12.0 Å². The lowest BCUT2D eigenvalue weighted by Crippen LogP contribution is -2.32. The van der Waals surface area contributed by atoms with Crippen LogP contribution in [-0.4, -0.2) is 51.1 Å². The summed E-state index contributed by atoms with van der Waals surface area (Å²) in [5, 5.41) is 2.81. The summed E-state index contributed by atoms with van der Waals surface area (Å²) in [6.07, 6.45) is 0. The van der Waals surface area contributed by atoms with Gasteiger partial charge < -0.3 is 25.4 Å². The van der Waals surface area contributed by atoms with Gasteiger partial charge in [0, 0.05) is 33.1 Å². The third kappa shape index (κ3) is 6.64. The Morgan fingerprint density at radius 1 is 1.29 bits per heavy atom. The van der Waals surface area contributed by atoms with Crippen LogP contribution in [0.15, 0.2) is 18.2 Å². The predicted octanol–water partition coefficient (Wildman–Crippen LogP) is 0.795. The highest BCUT2D eigenvalue weighted by Gasteiger charge is 2.12. The zero-order valence-electron chi connectivity index (χ0n) is 14.5. The van der Waals surface area contributed by atoms with Crippen molar-refractivity contribution in [2.24, 2.45) is 11.7 Å². The Bertz CT molecular complexity index is 552. The molecule has 136 valence electrons. The number of hydrogen-bond acceptors (Lipinski definition) is 5. The van der Waals surface area contributed by atoms with Gasteiger partial charge >= 0.3 is 0 Å². The van der Waals surface area contributed by atoms with Crippen molar-refractivity contribution >= 4 is 24.2 Å². The van der Waals surface area contributed by atoms with Crippen LogP contribution in [0.1, 0.15) is 12.5 Å².